The first-order valence-corrected chi connectivity index (χ1v) is 12.7. The van der Waals surface area contributed by atoms with Crippen LogP contribution in [0.4, 0.5) is 11.4 Å². The molecule has 1 amide bonds. The van der Waals surface area contributed by atoms with E-state index in [0.29, 0.717) is 24.6 Å². The summed E-state index contributed by atoms with van der Waals surface area (Å²) in [5.74, 6) is 1.37. The lowest BCUT2D eigenvalue weighted by atomic mass is 10.1. The van der Waals surface area contributed by atoms with Gasteiger partial charge < -0.3 is 28.6 Å². The first kappa shape index (κ1) is 25.5. The quantitative estimate of drug-likeness (QED) is 0.343. The molecule has 0 N–H and O–H groups in total. The number of rotatable bonds is 8. The highest BCUT2D eigenvalue weighted by Gasteiger charge is 2.30. The number of nitrogens with zero attached hydrogens (tertiary/aromatic N) is 5. The van der Waals surface area contributed by atoms with Gasteiger partial charge in [0.15, 0.2) is 0 Å². The minimum atomic E-state index is -0.190. The molecular formula is C29H33N5O4. The number of methoxy groups -OCH3 is 2. The normalized spacial score (nSPS) is 15.8. The van der Waals surface area contributed by atoms with Crippen molar-refractivity contribution in [2.24, 2.45) is 7.05 Å². The van der Waals surface area contributed by atoms with Gasteiger partial charge in [0.2, 0.25) is 5.91 Å². The van der Waals surface area contributed by atoms with Gasteiger partial charge in [-0.3, -0.25) is 9.78 Å². The summed E-state index contributed by atoms with van der Waals surface area (Å²) in [6, 6.07) is 13.9. The Morgan fingerprint density at radius 1 is 1.05 bits per heavy atom. The van der Waals surface area contributed by atoms with Crippen molar-refractivity contribution in [3.63, 3.8) is 0 Å². The molecule has 198 valence electrons. The van der Waals surface area contributed by atoms with Crippen LogP contribution in [0.2, 0.25) is 0 Å². The summed E-state index contributed by atoms with van der Waals surface area (Å²) in [6.45, 7) is 5.15. The average molecular weight is 516 g/mol. The molecule has 4 aromatic rings. The van der Waals surface area contributed by atoms with Gasteiger partial charge in [-0.15, -0.1) is 0 Å². The van der Waals surface area contributed by atoms with Crippen molar-refractivity contribution < 1.29 is 19.0 Å². The van der Waals surface area contributed by atoms with Gasteiger partial charge in [0.05, 0.1) is 49.8 Å². The third-order valence-corrected chi connectivity index (χ3v) is 6.79. The molecule has 0 radical (unpaired) electrons. The molecule has 1 aliphatic rings. The fourth-order valence-corrected chi connectivity index (χ4v) is 4.73. The van der Waals surface area contributed by atoms with Crippen molar-refractivity contribution in [3.05, 3.63) is 61.1 Å². The molecular weight excluding hydrogens is 482 g/mol. The van der Waals surface area contributed by atoms with Crippen LogP contribution in [-0.4, -0.2) is 71.4 Å². The van der Waals surface area contributed by atoms with Crippen LogP contribution < -0.4 is 14.4 Å². The topological polar surface area (TPSA) is 82.0 Å². The summed E-state index contributed by atoms with van der Waals surface area (Å²) in [5.41, 5.74) is 5.21. The van der Waals surface area contributed by atoms with E-state index in [-0.39, 0.29) is 24.7 Å². The first-order valence-electron chi connectivity index (χ1n) is 12.7. The number of carbonyl (C=O) groups excluding carboxylic acids is 1. The number of fused-ring (bicyclic) bond motifs is 1. The summed E-state index contributed by atoms with van der Waals surface area (Å²) in [6.07, 6.45) is 5.63. The van der Waals surface area contributed by atoms with Crippen molar-refractivity contribution in [2.45, 2.75) is 26.0 Å². The Labute approximate surface area is 222 Å². The number of hydrogen-bond acceptors (Lipinski definition) is 7. The zero-order valence-corrected chi connectivity index (χ0v) is 22.4. The zero-order chi connectivity index (χ0) is 26.8. The maximum absolute atomic E-state index is 12.4. The number of ether oxygens (including phenoxy) is 3. The minimum absolute atomic E-state index is 0.0141. The van der Waals surface area contributed by atoms with E-state index in [0.717, 1.165) is 33.7 Å². The Morgan fingerprint density at radius 3 is 2.47 bits per heavy atom. The minimum Gasteiger partial charge on any atom is -0.497 e. The Kier molecular flexibility index (Phi) is 7.20. The van der Waals surface area contributed by atoms with E-state index >= 15 is 0 Å². The maximum Gasteiger partial charge on any atom is 0.248 e. The molecule has 0 aliphatic carbocycles. The third kappa shape index (κ3) is 5.28. The Balaban J connectivity index is 1.56. The number of aryl methyl sites for hydroxylation is 1. The maximum atomic E-state index is 12.4. The lowest BCUT2D eigenvalue weighted by molar-refractivity contribution is -0.150. The van der Waals surface area contributed by atoms with E-state index in [2.05, 4.69) is 9.88 Å². The molecule has 3 heterocycles. The average Bonchev–Trinajstić information content (AvgIpc) is 3.37. The van der Waals surface area contributed by atoms with Crippen LogP contribution in [0.1, 0.15) is 13.8 Å². The summed E-state index contributed by atoms with van der Waals surface area (Å²) in [7, 11) is 5.25. The van der Waals surface area contributed by atoms with Gasteiger partial charge in [0, 0.05) is 67.2 Å². The number of aromatic nitrogens is 3. The number of anilines is 2. The van der Waals surface area contributed by atoms with Gasteiger partial charge in [0.25, 0.3) is 0 Å². The number of carbonyl (C=O) groups is 1. The molecule has 9 heteroatoms. The smallest absolute Gasteiger partial charge is 0.248 e. The van der Waals surface area contributed by atoms with Crippen molar-refractivity contribution in [3.8, 4) is 22.8 Å². The second-order valence-electron chi connectivity index (χ2n) is 9.75. The molecule has 1 aliphatic heterocycles. The van der Waals surface area contributed by atoms with E-state index in [4.69, 9.17) is 19.2 Å². The molecule has 5 rings (SSSR count). The van der Waals surface area contributed by atoms with E-state index in [9.17, 15) is 4.79 Å². The molecule has 1 fully saturated rings. The van der Waals surface area contributed by atoms with Gasteiger partial charge >= 0.3 is 0 Å². The molecule has 2 aromatic heterocycles. The van der Waals surface area contributed by atoms with Crippen LogP contribution in [0.15, 0.2) is 61.1 Å². The molecule has 1 saturated heterocycles. The lowest BCUT2D eigenvalue weighted by Crippen LogP contribution is -2.52. The monoisotopic (exact) mass is 515 g/mol. The lowest BCUT2D eigenvalue weighted by Gasteiger charge is -2.38. The highest BCUT2D eigenvalue weighted by molar-refractivity contribution is 5.83. The SMILES string of the molecule is COc1cc(OC)cc(N(CC2CN(C(C)C)C(=O)CO2)c2ccc3ncc(-c4ccn(C)c4)nc3c2)c1. The van der Waals surface area contributed by atoms with Gasteiger partial charge in [-0.25, -0.2) is 4.98 Å². The number of benzene rings is 2. The zero-order valence-electron chi connectivity index (χ0n) is 22.4. The van der Waals surface area contributed by atoms with Crippen molar-refractivity contribution >= 4 is 28.3 Å². The van der Waals surface area contributed by atoms with E-state index in [1.165, 1.54) is 0 Å². The molecule has 1 atom stereocenters. The number of morpholine rings is 1. The second kappa shape index (κ2) is 10.7. The standard InChI is InChI=1S/C29H33N5O4/c1-19(2)33-16-25(38-18-29(33)35)17-34(22-10-23(36-4)13-24(11-22)37-5)21-6-7-26-27(12-21)31-28(14-30-26)20-8-9-32(3)15-20/h6-15,19,25H,16-18H2,1-5H3. The molecule has 2 aromatic carbocycles. The summed E-state index contributed by atoms with van der Waals surface area (Å²) < 4.78 is 19.1. The Hall–Kier alpha value is -4.11. The van der Waals surface area contributed by atoms with Crippen LogP contribution in [0.25, 0.3) is 22.3 Å². The van der Waals surface area contributed by atoms with Crippen molar-refractivity contribution in [2.75, 3.05) is 38.8 Å². The molecule has 38 heavy (non-hydrogen) atoms. The Bertz CT molecular complexity index is 1430. The summed E-state index contributed by atoms with van der Waals surface area (Å²) in [4.78, 5) is 26.0. The predicted octanol–water partition coefficient (Wildman–Crippen LogP) is 4.43. The van der Waals surface area contributed by atoms with E-state index < -0.39 is 0 Å². The third-order valence-electron chi connectivity index (χ3n) is 6.79. The van der Waals surface area contributed by atoms with Crippen LogP contribution in [0.3, 0.4) is 0 Å². The highest BCUT2D eigenvalue weighted by atomic mass is 16.5. The number of hydrogen-bond donors (Lipinski definition) is 0. The van der Waals surface area contributed by atoms with Crippen LogP contribution in [0.5, 0.6) is 11.5 Å². The van der Waals surface area contributed by atoms with Gasteiger partial charge in [-0.1, -0.05) is 0 Å². The Morgan fingerprint density at radius 2 is 1.82 bits per heavy atom. The van der Waals surface area contributed by atoms with Crippen molar-refractivity contribution in [1.29, 1.82) is 0 Å². The van der Waals surface area contributed by atoms with E-state index in [1.54, 1.807) is 20.4 Å². The summed E-state index contributed by atoms with van der Waals surface area (Å²) in [5, 5.41) is 0. The van der Waals surface area contributed by atoms with Crippen LogP contribution in [0, 0.1) is 0 Å². The predicted molar refractivity (Wildman–Crippen MR) is 147 cm³/mol. The summed E-state index contributed by atoms with van der Waals surface area (Å²) >= 11 is 0. The molecule has 9 nitrogen and oxygen atoms in total. The largest absolute Gasteiger partial charge is 0.497 e. The van der Waals surface area contributed by atoms with Crippen LogP contribution >= 0.6 is 0 Å². The molecule has 1 unspecified atom stereocenters. The fraction of sp³-hybridized carbons (Fsp3) is 0.345. The van der Waals surface area contributed by atoms with Crippen LogP contribution in [-0.2, 0) is 16.6 Å². The molecule has 0 bridgehead atoms. The molecule has 0 spiro atoms. The van der Waals surface area contributed by atoms with Gasteiger partial charge in [-0.05, 0) is 38.1 Å². The fourth-order valence-electron chi connectivity index (χ4n) is 4.73. The van der Waals surface area contributed by atoms with E-state index in [1.807, 2.05) is 85.2 Å². The molecule has 0 saturated carbocycles. The van der Waals surface area contributed by atoms with Gasteiger partial charge in [-0.2, -0.15) is 0 Å². The van der Waals surface area contributed by atoms with Crippen molar-refractivity contribution in [1.82, 2.24) is 19.4 Å². The van der Waals surface area contributed by atoms with Gasteiger partial charge in [0.1, 0.15) is 18.1 Å². The first-order chi connectivity index (χ1) is 18.3. The number of amides is 1. The highest BCUT2D eigenvalue weighted by Crippen LogP contribution is 2.35. The second-order valence-corrected chi connectivity index (χ2v) is 9.75.